The first kappa shape index (κ1) is 83.9. The molecule has 0 aromatic heterocycles. The van der Waals surface area contributed by atoms with E-state index in [0.717, 1.165) is 179 Å². The first-order chi connectivity index (χ1) is 43.1. The zero-order chi connectivity index (χ0) is 63.9. The second-order valence-corrected chi connectivity index (χ2v) is 28.3. The van der Waals surface area contributed by atoms with E-state index >= 15 is 0 Å². The van der Waals surface area contributed by atoms with E-state index < -0.39 is 18.2 Å². The summed E-state index contributed by atoms with van der Waals surface area (Å²) in [6, 6.07) is -0.616. The average molecular weight is 1280 g/mol. The maximum atomic E-state index is 13.8. The molecule has 2 amide bonds. The molecule has 0 spiro atoms. The van der Waals surface area contributed by atoms with E-state index in [4.69, 9.17) is 9.47 Å². The van der Waals surface area contributed by atoms with E-state index in [0.29, 0.717) is 58.7 Å². The predicted molar refractivity (Wildman–Crippen MR) is 377 cm³/mol. The summed E-state index contributed by atoms with van der Waals surface area (Å²) in [6.45, 7) is 18.2. The zero-order valence-electron chi connectivity index (χ0n) is 57.6. The Kier molecular flexibility index (Phi) is 61.9. The predicted octanol–water partition coefficient (Wildman–Crippen LogP) is 17.1. The molecule has 88 heavy (non-hydrogen) atoms. The molecule has 0 aliphatic carbocycles. The van der Waals surface area contributed by atoms with Crippen molar-refractivity contribution < 1.29 is 38.9 Å². The molecule has 13 nitrogen and oxygen atoms in total. The van der Waals surface area contributed by atoms with Gasteiger partial charge >= 0.3 is 11.9 Å². The van der Waals surface area contributed by atoms with Crippen molar-refractivity contribution in [2.75, 3.05) is 90.2 Å². The number of ether oxygens (including phenoxy) is 2. The van der Waals surface area contributed by atoms with Crippen LogP contribution in [0.25, 0.3) is 0 Å². The third kappa shape index (κ3) is 56.6. The van der Waals surface area contributed by atoms with Crippen LogP contribution in [-0.4, -0.2) is 157 Å². The molecule has 0 bridgehead atoms. The number of carbonyl (C=O) groups is 4. The highest BCUT2D eigenvalue weighted by molar-refractivity contribution is 8.76. The monoisotopic (exact) mass is 1280 g/mol. The molecule has 4 N–H and O–H groups in total. The molecule has 15 heteroatoms. The van der Waals surface area contributed by atoms with E-state index in [1.165, 1.54) is 129 Å². The zero-order valence-corrected chi connectivity index (χ0v) is 59.2. The van der Waals surface area contributed by atoms with Crippen molar-refractivity contribution in [3.8, 4) is 0 Å². The van der Waals surface area contributed by atoms with E-state index in [2.05, 4.69) is 65.2 Å². The number of amides is 2. The van der Waals surface area contributed by atoms with Gasteiger partial charge < -0.3 is 40.1 Å². The summed E-state index contributed by atoms with van der Waals surface area (Å²) in [5.41, 5.74) is 0. The van der Waals surface area contributed by atoms with Crippen molar-refractivity contribution in [2.24, 2.45) is 0 Å². The normalized spacial score (nSPS) is 14.0. The summed E-state index contributed by atoms with van der Waals surface area (Å²) < 4.78 is 10.9. The average Bonchev–Trinajstić information content (AvgIpc) is 4.06. The van der Waals surface area contributed by atoms with Crippen molar-refractivity contribution in [2.45, 2.75) is 328 Å². The van der Waals surface area contributed by atoms with Gasteiger partial charge in [0.25, 0.3) is 0 Å². The third-order valence-corrected chi connectivity index (χ3v) is 19.6. The van der Waals surface area contributed by atoms with Gasteiger partial charge in [-0.25, -0.2) is 0 Å². The van der Waals surface area contributed by atoms with Crippen molar-refractivity contribution in [3.05, 3.63) is 24.3 Å². The Bertz CT molecular complexity index is 1560. The van der Waals surface area contributed by atoms with Crippen LogP contribution in [0, 0.1) is 0 Å². The van der Waals surface area contributed by atoms with Crippen LogP contribution in [0.5, 0.6) is 0 Å². The molecule has 1 aliphatic heterocycles. The smallest absolute Gasteiger partial charge is 0.306 e. The first-order valence-corrected chi connectivity index (χ1v) is 39.6. The molecule has 3 unspecified atom stereocenters. The largest absolute Gasteiger partial charge is 0.461 e. The number of aliphatic hydroxyl groups excluding tert-OH is 2. The van der Waals surface area contributed by atoms with Gasteiger partial charge in [0.15, 0.2) is 0 Å². The maximum absolute atomic E-state index is 13.8. The molecular weight excluding hydrogens is 1140 g/mol. The standard InChI is InChI=1S/C73H139N5O8S2/c1-5-9-13-17-21-31-44-61-85-71(82)49-35-27-23-29-38-54-76(55-39-30-24-28-36-50-72(83)86-62-45-32-22-18-14-10-6-2)59-43-46-63-87-88-64-52-69(73(84)74-53-37-40-56-77-57-41-42-58-77)75-70(81)51-60-78(65-67(79)47-33-25-19-15-11-7-3)66-68(80)48-34-26-20-16-12-8-4/h31-32,44-45,67-69,79-80H,5-30,33-43,46-66H2,1-4H3,(H,74,84)(H,75,81)/b44-31-,45-32-. The summed E-state index contributed by atoms with van der Waals surface area (Å²) in [7, 11) is 3.65. The molecule has 0 saturated carbocycles. The first-order valence-electron chi connectivity index (χ1n) is 37.1. The number of nitrogens with zero attached hydrogens (tertiary/aromatic N) is 3. The topological polar surface area (TPSA) is 161 Å². The molecule has 0 radical (unpaired) electrons. The highest BCUT2D eigenvalue weighted by Crippen LogP contribution is 2.24. The van der Waals surface area contributed by atoms with Crippen LogP contribution in [0.2, 0.25) is 0 Å². The summed E-state index contributed by atoms with van der Waals surface area (Å²) >= 11 is 0. The highest BCUT2D eigenvalue weighted by atomic mass is 33.1. The molecule has 1 aliphatic rings. The molecule has 0 aromatic rings. The van der Waals surface area contributed by atoms with Gasteiger partial charge in [-0.3, -0.25) is 24.1 Å². The van der Waals surface area contributed by atoms with Crippen molar-refractivity contribution in [3.63, 3.8) is 0 Å². The van der Waals surface area contributed by atoms with Gasteiger partial charge in [0, 0.05) is 56.9 Å². The Morgan fingerprint density at radius 2 is 0.909 bits per heavy atom. The van der Waals surface area contributed by atoms with Gasteiger partial charge in [-0.1, -0.05) is 228 Å². The van der Waals surface area contributed by atoms with Crippen LogP contribution in [0.4, 0.5) is 0 Å². The molecule has 1 heterocycles. The van der Waals surface area contributed by atoms with Gasteiger partial charge in [-0.15, -0.1) is 0 Å². The summed E-state index contributed by atoms with van der Waals surface area (Å²) in [6.07, 6.45) is 54.0. The van der Waals surface area contributed by atoms with E-state index in [1.54, 1.807) is 10.8 Å². The van der Waals surface area contributed by atoms with Gasteiger partial charge in [0.05, 0.1) is 12.2 Å². The lowest BCUT2D eigenvalue weighted by atomic mass is 10.1. The molecule has 3 atom stereocenters. The number of likely N-dealkylation sites (tertiary alicyclic amines) is 1. The Morgan fingerprint density at radius 1 is 0.466 bits per heavy atom. The second-order valence-electron chi connectivity index (χ2n) is 25.6. The Morgan fingerprint density at radius 3 is 1.42 bits per heavy atom. The summed E-state index contributed by atoms with van der Waals surface area (Å²) in [4.78, 5) is 59.4. The van der Waals surface area contributed by atoms with Crippen molar-refractivity contribution in [1.29, 1.82) is 0 Å². The van der Waals surface area contributed by atoms with Crippen LogP contribution < -0.4 is 10.6 Å². The summed E-state index contributed by atoms with van der Waals surface area (Å²) in [5.74, 6) is 1.32. The lowest BCUT2D eigenvalue weighted by Gasteiger charge is -2.27. The van der Waals surface area contributed by atoms with Crippen LogP contribution >= 0.6 is 21.6 Å². The van der Waals surface area contributed by atoms with Gasteiger partial charge in [0.1, 0.15) is 19.3 Å². The fraction of sp³-hybridized carbons (Fsp3) is 0.890. The van der Waals surface area contributed by atoms with Crippen LogP contribution in [0.15, 0.2) is 24.3 Å². The number of rotatable bonds is 67. The summed E-state index contributed by atoms with van der Waals surface area (Å²) in [5, 5.41) is 28.6. The molecule has 1 rings (SSSR count). The Balaban J connectivity index is 2.74. The number of aliphatic hydroxyl groups is 2. The van der Waals surface area contributed by atoms with Crippen LogP contribution in [-0.2, 0) is 28.7 Å². The second kappa shape index (κ2) is 64.9. The van der Waals surface area contributed by atoms with Crippen LogP contribution in [0.3, 0.4) is 0 Å². The molecule has 0 aromatic carbocycles. The fourth-order valence-corrected chi connectivity index (χ4v) is 13.8. The number of unbranched alkanes of at least 4 members (excludes halogenated alkanes) is 28. The van der Waals surface area contributed by atoms with Gasteiger partial charge in [-0.05, 0) is 148 Å². The van der Waals surface area contributed by atoms with E-state index in [-0.39, 0.29) is 30.2 Å². The van der Waals surface area contributed by atoms with Crippen molar-refractivity contribution >= 4 is 45.3 Å². The number of carbonyl (C=O) groups excluding carboxylic acids is 4. The molecule has 1 fully saturated rings. The Hall–Kier alpha value is -2.14. The fourth-order valence-electron chi connectivity index (χ4n) is 11.5. The number of allylic oxidation sites excluding steroid dienone is 2. The van der Waals surface area contributed by atoms with E-state index in [9.17, 15) is 29.4 Å². The SMILES string of the molecule is CCCCCC/C=C\COC(=O)CCCCCCCN(CCCCCCCC(=O)OC/C=C\CCCCCC)CCCCSSCCC(NC(=O)CCN(CC(O)CCCCCCCC)CC(O)CCCCCCCC)C(=O)NCCCCN1CCCC1. The number of hydrogen-bond acceptors (Lipinski definition) is 13. The lowest BCUT2D eigenvalue weighted by molar-refractivity contribution is -0.143. The van der Waals surface area contributed by atoms with Crippen molar-refractivity contribution in [1.82, 2.24) is 25.3 Å². The minimum absolute atomic E-state index is 0.0912. The quantitative estimate of drug-likeness (QED) is 0.0197. The third-order valence-electron chi connectivity index (χ3n) is 17.1. The Labute approximate surface area is 549 Å². The van der Waals surface area contributed by atoms with Gasteiger partial charge in [-0.2, -0.15) is 0 Å². The highest BCUT2D eigenvalue weighted by Gasteiger charge is 2.23. The van der Waals surface area contributed by atoms with Crippen LogP contribution in [0.1, 0.15) is 310 Å². The van der Waals surface area contributed by atoms with E-state index in [1.807, 2.05) is 22.9 Å². The molecular formula is C73H139N5O8S2. The van der Waals surface area contributed by atoms with Gasteiger partial charge in [0.2, 0.25) is 11.8 Å². The lowest BCUT2D eigenvalue weighted by Crippen LogP contribution is -2.48. The molecule has 1 saturated heterocycles. The molecule has 516 valence electrons. The number of hydrogen-bond donors (Lipinski definition) is 4. The maximum Gasteiger partial charge on any atom is 0.306 e. The minimum Gasteiger partial charge on any atom is -0.461 e. The number of esters is 2. The number of nitrogens with one attached hydrogen (secondary N) is 2. The minimum atomic E-state index is -0.616.